The number of methoxy groups -OCH3 is 1. The average Bonchev–Trinajstić information content (AvgIpc) is 3.36. The Morgan fingerprint density at radius 1 is 1.13 bits per heavy atom. The van der Waals surface area contributed by atoms with Gasteiger partial charge in [-0.2, -0.15) is 10.1 Å². The van der Waals surface area contributed by atoms with Gasteiger partial charge in [0, 0.05) is 22.8 Å². The van der Waals surface area contributed by atoms with E-state index in [1.807, 2.05) is 41.9 Å². The Bertz CT molecular complexity index is 1200. The van der Waals surface area contributed by atoms with E-state index in [-0.39, 0.29) is 5.60 Å². The molecule has 0 aliphatic heterocycles. The quantitative estimate of drug-likeness (QED) is 0.353. The Morgan fingerprint density at radius 3 is 2.61 bits per heavy atom. The van der Waals surface area contributed by atoms with Crippen LogP contribution in [-0.2, 0) is 16.9 Å². The highest BCUT2D eigenvalue weighted by atomic mass is 79.9. The van der Waals surface area contributed by atoms with Gasteiger partial charge in [0.25, 0.3) is 5.89 Å². The van der Waals surface area contributed by atoms with Gasteiger partial charge in [-0.1, -0.05) is 57.5 Å². The van der Waals surface area contributed by atoms with Crippen LogP contribution in [0.15, 0.2) is 63.6 Å². The molecular weight excluding hydrogens is 456 g/mol. The van der Waals surface area contributed by atoms with Crippen LogP contribution in [0.1, 0.15) is 36.1 Å². The number of rotatable bonds is 6. The van der Waals surface area contributed by atoms with Crippen LogP contribution < -0.4 is 0 Å². The third-order valence-corrected chi connectivity index (χ3v) is 6.56. The van der Waals surface area contributed by atoms with Gasteiger partial charge in [0.05, 0.1) is 12.1 Å². The van der Waals surface area contributed by atoms with E-state index in [2.05, 4.69) is 55.4 Å². The van der Waals surface area contributed by atoms with Crippen molar-refractivity contribution in [2.75, 3.05) is 7.11 Å². The fourth-order valence-electron chi connectivity index (χ4n) is 4.06. The lowest BCUT2D eigenvalue weighted by Gasteiger charge is -2.41. The fraction of sp³-hybridized carbons (Fsp3) is 0.292. The molecule has 0 radical (unpaired) electrons. The molecule has 0 spiro atoms. The standard InChI is InChI=1S/C24H23BrN4O2/c1-16-13-21(27-29(16)15-17-5-3-6-20(25)14-17)23-26-22(28-31-23)18-7-9-19(10-8-18)24(30-2)11-4-12-24/h3,5-10,13-14H,4,11-12,15H2,1-2H3. The summed E-state index contributed by atoms with van der Waals surface area (Å²) < 4.78 is 14.3. The summed E-state index contributed by atoms with van der Waals surface area (Å²) in [5.41, 5.74) is 4.86. The highest BCUT2D eigenvalue weighted by Gasteiger charge is 2.38. The molecule has 1 aliphatic rings. The topological polar surface area (TPSA) is 66.0 Å². The van der Waals surface area contributed by atoms with Crippen molar-refractivity contribution < 1.29 is 9.26 Å². The molecule has 0 atom stereocenters. The second kappa shape index (κ2) is 8.05. The van der Waals surface area contributed by atoms with Crippen molar-refractivity contribution in [3.63, 3.8) is 0 Å². The van der Waals surface area contributed by atoms with Crippen molar-refractivity contribution in [3.05, 3.63) is 75.9 Å². The van der Waals surface area contributed by atoms with E-state index in [0.717, 1.165) is 28.6 Å². The Hall–Kier alpha value is -2.77. The van der Waals surface area contributed by atoms with Gasteiger partial charge in [0.2, 0.25) is 5.82 Å². The molecule has 2 aromatic carbocycles. The van der Waals surface area contributed by atoms with Crippen LogP contribution in [0.3, 0.4) is 0 Å². The lowest BCUT2D eigenvalue weighted by molar-refractivity contribution is -0.0778. The monoisotopic (exact) mass is 478 g/mol. The number of aromatic nitrogens is 4. The van der Waals surface area contributed by atoms with E-state index in [1.54, 1.807) is 7.11 Å². The van der Waals surface area contributed by atoms with Crippen LogP contribution in [0, 0.1) is 6.92 Å². The summed E-state index contributed by atoms with van der Waals surface area (Å²) in [5, 5.41) is 8.85. The summed E-state index contributed by atoms with van der Waals surface area (Å²) in [6.07, 6.45) is 3.34. The highest BCUT2D eigenvalue weighted by Crippen LogP contribution is 2.44. The molecule has 7 heteroatoms. The Morgan fingerprint density at radius 2 is 1.94 bits per heavy atom. The van der Waals surface area contributed by atoms with Crippen molar-refractivity contribution in [3.8, 4) is 23.0 Å². The van der Waals surface area contributed by atoms with Crippen molar-refractivity contribution in [2.24, 2.45) is 0 Å². The predicted octanol–water partition coefficient (Wildman–Crippen LogP) is 5.74. The molecule has 2 aromatic heterocycles. The van der Waals surface area contributed by atoms with Gasteiger partial charge in [-0.15, -0.1) is 0 Å². The summed E-state index contributed by atoms with van der Waals surface area (Å²) in [6.45, 7) is 2.70. The Labute approximate surface area is 189 Å². The van der Waals surface area contributed by atoms with Gasteiger partial charge in [-0.05, 0) is 55.5 Å². The molecule has 6 nitrogen and oxygen atoms in total. The second-order valence-corrected chi connectivity index (χ2v) is 8.93. The van der Waals surface area contributed by atoms with Crippen LogP contribution in [-0.4, -0.2) is 27.0 Å². The van der Waals surface area contributed by atoms with Crippen molar-refractivity contribution in [2.45, 2.75) is 38.3 Å². The summed E-state index contributed by atoms with van der Waals surface area (Å²) in [4.78, 5) is 4.58. The SMILES string of the molecule is COC1(c2ccc(-c3noc(-c4cc(C)n(Cc5cccc(Br)c5)n4)n3)cc2)CCC1. The number of benzene rings is 2. The molecule has 31 heavy (non-hydrogen) atoms. The third kappa shape index (κ3) is 3.83. The van der Waals surface area contributed by atoms with E-state index in [9.17, 15) is 0 Å². The van der Waals surface area contributed by atoms with Gasteiger partial charge in [0.1, 0.15) is 0 Å². The highest BCUT2D eigenvalue weighted by molar-refractivity contribution is 9.10. The summed E-state index contributed by atoms with van der Waals surface area (Å²) in [5.74, 6) is 0.975. The second-order valence-electron chi connectivity index (χ2n) is 8.01. The van der Waals surface area contributed by atoms with Crippen LogP contribution >= 0.6 is 15.9 Å². The van der Waals surface area contributed by atoms with Crippen LogP contribution in [0.4, 0.5) is 0 Å². The first-order valence-corrected chi connectivity index (χ1v) is 11.1. The van der Waals surface area contributed by atoms with E-state index in [1.165, 1.54) is 17.5 Å². The third-order valence-electron chi connectivity index (χ3n) is 6.07. The van der Waals surface area contributed by atoms with Crippen molar-refractivity contribution in [1.29, 1.82) is 0 Å². The average molecular weight is 479 g/mol. The molecule has 0 amide bonds. The smallest absolute Gasteiger partial charge is 0.278 e. The van der Waals surface area contributed by atoms with E-state index in [0.29, 0.717) is 24.0 Å². The largest absolute Gasteiger partial charge is 0.374 e. The lowest BCUT2D eigenvalue weighted by Crippen LogP contribution is -2.35. The molecule has 0 bridgehead atoms. The summed E-state index contributed by atoms with van der Waals surface area (Å²) in [7, 11) is 1.79. The first-order chi connectivity index (χ1) is 15.1. The number of aryl methyl sites for hydroxylation is 1. The molecule has 1 aliphatic carbocycles. The predicted molar refractivity (Wildman–Crippen MR) is 121 cm³/mol. The number of nitrogens with zero attached hydrogens (tertiary/aromatic N) is 4. The fourth-order valence-corrected chi connectivity index (χ4v) is 4.51. The van der Waals surface area contributed by atoms with E-state index in [4.69, 9.17) is 9.26 Å². The molecule has 0 N–H and O–H groups in total. The Kier molecular flexibility index (Phi) is 5.24. The van der Waals surface area contributed by atoms with Gasteiger partial charge >= 0.3 is 0 Å². The zero-order valence-electron chi connectivity index (χ0n) is 17.5. The van der Waals surface area contributed by atoms with Gasteiger partial charge < -0.3 is 9.26 Å². The summed E-state index contributed by atoms with van der Waals surface area (Å²) >= 11 is 3.52. The van der Waals surface area contributed by atoms with Crippen molar-refractivity contribution in [1.82, 2.24) is 19.9 Å². The molecular formula is C24H23BrN4O2. The molecule has 0 saturated heterocycles. The molecule has 5 rings (SSSR count). The minimum atomic E-state index is -0.125. The molecule has 158 valence electrons. The van der Waals surface area contributed by atoms with Gasteiger partial charge in [-0.3, -0.25) is 4.68 Å². The minimum Gasteiger partial charge on any atom is -0.374 e. The molecule has 4 aromatic rings. The number of ether oxygens (including phenoxy) is 1. The molecule has 1 saturated carbocycles. The first-order valence-electron chi connectivity index (χ1n) is 10.4. The molecule has 1 fully saturated rings. The zero-order valence-corrected chi connectivity index (χ0v) is 19.1. The molecule has 0 unspecified atom stereocenters. The zero-order chi connectivity index (χ0) is 21.4. The number of halogens is 1. The normalized spacial score (nSPS) is 15.1. The van der Waals surface area contributed by atoms with Crippen LogP contribution in [0.5, 0.6) is 0 Å². The first kappa shape index (κ1) is 20.2. The van der Waals surface area contributed by atoms with Gasteiger partial charge in [-0.25, -0.2) is 0 Å². The van der Waals surface area contributed by atoms with E-state index < -0.39 is 0 Å². The maximum atomic E-state index is 5.77. The summed E-state index contributed by atoms with van der Waals surface area (Å²) in [6, 6.07) is 18.4. The maximum absolute atomic E-state index is 5.77. The number of hydrogen-bond donors (Lipinski definition) is 0. The van der Waals surface area contributed by atoms with Crippen LogP contribution in [0.2, 0.25) is 0 Å². The van der Waals surface area contributed by atoms with Crippen molar-refractivity contribution >= 4 is 15.9 Å². The van der Waals surface area contributed by atoms with Crippen LogP contribution in [0.25, 0.3) is 23.0 Å². The molecule has 2 heterocycles. The maximum Gasteiger partial charge on any atom is 0.278 e. The number of hydrogen-bond acceptors (Lipinski definition) is 5. The minimum absolute atomic E-state index is 0.125. The Balaban J connectivity index is 1.36. The van der Waals surface area contributed by atoms with E-state index >= 15 is 0 Å². The van der Waals surface area contributed by atoms with Gasteiger partial charge in [0.15, 0.2) is 5.69 Å². The lowest BCUT2D eigenvalue weighted by atomic mass is 9.75.